The number of ether oxygens (including phenoxy) is 1. The van der Waals surface area contributed by atoms with Gasteiger partial charge in [0.25, 0.3) is 0 Å². The summed E-state index contributed by atoms with van der Waals surface area (Å²) in [6.07, 6.45) is -0.844. The van der Waals surface area contributed by atoms with E-state index in [1.807, 2.05) is 6.07 Å². The Morgan fingerprint density at radius 3 is 1.52 bits per heavy atom. The van der Waals surface area contributed by atoms with E-state index in [1.165, 1.54) is 6.92 Å². The molecule has 0 aliphatic carbocycles. The van der Waals surface area contributed by atoms with Gasteiger partial charge in [0.1, 0.15) is 0 Å². The molecule has 152 valence electrons. The van der Waals surface area contributed by atoms with Crippen LogP contribution in [-0.4, -0.2) is 6.10 Å². The van der Waals surface area contributed by atoms with Crippen LogP contribution < -0.4 is 0 Å². The van der Waals surface area contributed by atoms with Gasteiger partial charge in [-0.15, -0.1) is 0 Å². The highest BCUT2D eigenvalue weighted by Gasteiger charge is 2.27. The molecular weight excluding hydrogens is 394 g/mol. The topological polar surface area (TPSA) is 9.23 Å². The van der Waals surface area contributed by atoms with Crippen molar-refractivity contribution < 1.29 is 31.1 Å². The van der Waals surface area contributed by atoms with Gasteiger partial charge in [0.15, 0.2) is 34.9 Å². The van der Waals surface area contributed by atoms with Gasteiger partial charge < -0.3 is 4.74 Å². The second kappa shape index (κ2) is 8.69. The Balaban J connectivity index is 2.01. The summed E-state index contributed by atoms with van der Waals surface area (Å²) in [5, 5.41) is 0. The second-order valence-electron chi connectivity index (χ2n) is 6.58. The van der Waals surface area contributed by atoms with Crippen LogP contribution in [0.5, 0.6) is 0 Å². The van der Waals surface area contributed by atoms with E-state index in [0.717, 1.165) is 29.8 Å². The fourth-order valence-electron chi connectivity index (χ4n) is 3.14. The van der Waals surface area contributed by atoms with Crippen LogP contribution in [0.3, 0.4) is 0 Å². The summed E-state index contributed by atoms with van der Waals surface area (Å²) in [5.74, 6) is -10.2. The van der Waals surface area contributed by atoms with Gasteiger partial charge in [-0.05, 0) is 47.9 Å². The summed E-state index contributed by atoms with van der Waals surface area (Å²) in [6.45, 7) is 1.64. The average molecular weight is 410 g/mol. The molecule has 0 fully saturated rings. The van der Waals surface area contributed by atoms with Crippen LogP contribution in [-0.2, 0) is 11.3 Å². The molecule has 0 bridgehead atoms. The highest BCUT2D eigenvalue weighted by molar-refractivity contribution is 5.36. The van der Waals surface area contributed by atoms with Crippen LogP contribution in [0, 0.1) is 34.9 Å². The van der Waals surface area contributed by atoms with Crippen molar-refractivity contribution in [3.05, 3.63) is 106 Å². The first kappa shape index (κ1) is 20.9. The van der Waals surface area contributed by atoms with Gasteiger partial charge in [-0.3, -0.25) is 0 Å². The van der Waals surface area contributed by atoms with Crippen molar-refractivity contribution in [2.75, 3.05) is 0 Å². The SMILES string of the molecule is C[C@H](OCc1ccccc1)C(c1cc(F)c(F)c(F)c1)c1cc(F)c(F)c(F)c1. The number of hydrogen-bond donors (Lipinski definition) is 0. The fourth-order valence-corrected chi connectivity index (χ4v) is 3.14. The maximum Gasteiger partial charge on any atom is 0.194 e. The van der Waals surface area contributed by atoms with E-state index in [9.17, 15) is 26.3 Å². The Hall–Kier alpha value is -2.80. The first-order valence-electron chi connectivity index (χ1n) is 8.72. The van der Waals surface area contributed by atoms with E-state index in [2.05, 4.69) is 0 Å². The Kier molecular flexibility index (Phi) is 6.27. The van der Waals surface area contributed by atoms with Gasteiger partial charge in [-0.25, -0.2) is 26.3 Å². The predicted octanol–water partition coefficient (Wildman–Crippen LogP) is 6.26. The van der Waals surface area contributed by atoms with Crippen LogP contribution in [0.25, 0.3) is 0 Å². The van der Waals surface area contributed by atoms with E-state index < -0.39 is 46.9 Å². The highest BCUT2D eigenvalue weighted by Crippen LogP contribution is 2.33. The third-order valence-electron chi connectivity index (χ3n) is 4.56. The Labute approximate surface area is 163 Å². The quantitative estimate of drug-likeness (QED) is 0.344. The monoisotopic (exact) mass is 410 g/mol. The molecule has 0 amide bonds. The molecule has 0 aliphatic rings. The van der Waals surface area contributed by atoms with Crippen molar-refractivity contribution in [2.24, 2.45) is 0 Å². The average Bonchev–Trinajstić information content (AvgIpc) is 2.69. The minimum absolute atomic E-state index is 0.104. The number of rotatable bonds is 6. The minimum atomic E-state index is -1.66. The summed E-state index contributed by atoms with van der Waals surface area (Å²) >= 11 is 0. The van der Waals surface area contributed by atoms with E-state index in [1.54, 1.807) is 24.3 Å². The molecule has 0 saturated carbocycles. The number of halogens is 6. The third kappa shape index (κ3) is 4.62. The first-order valence-corrected chi connectivity index (χ1v) is 8.72. The van der Waals surface area contributed by atoms with Crippen LogP contribution in [0.4, 0.5) is 26.3 Å². The first-order chi connectivity index (χ1) is 13.8. The normalized spacial score (nSPS) is 12.4. The summed E-state index contributed by atoms with van der Waals surface area (Å²) in [7, 11) is 0. The molecule has 0 saturated heterocycles. The molecule has 3 aromatic carbocycles. The van der Waals surface area contributed by atoms with Crippen molar-refractivity contribution in [1.82, 2.24) is 0 Å². The van der Waals surface area contributed by atoms with E-state index in [4.69, 9.17) is 4.74 Å². The molecule has 29 heavy (non-hydrogen) atoms. The number of benzene rings is 3. The van der Waals surface area contributed by atoms with Gasteiger partial charge in [0.2, 0.25) is 0 Å². The van der Waals surface area contributed by atoms with Gasteiger partial charge in [-0.1, -0.05) is 30.3 Å². The summed E-state index contributed by atoms with van der Waals surface area (Å²) in [4.78, 5) is 0. The maximum atomic E-state index is 13.8. The van der Waals surface area contributed by atoms with Gasteiger partial charge in [0, 0.05) is 5.92 Å². The zero-order valence-electron chi connectivity index (χ0n) is 15.2. The number of hydrogen-bond acceptors (Lipinski definition) is 1. The molecule has 7 heteroatoms. The van der Waals surface area contributed by atoms with Crippen molar-refractivity contribution in [3.63, 3.8) is 0 Å². The van der Waals surface area contributed by atoms with Crippen molar-refractivity contribution in [3.8, 4) is 0 Å². The van der Waals surface area contributed by atoms with Gasteiger partial charge >= 0.3 is 0 Å². The Bertz CT molecular complexity index is 902. The molecule has 0 aromatic heterocycles. The van der Waals surface area contributed by atoms with Crippen molar-refractivity contribution in [2.45, 2.75) is 25.6 Å². The van der Waals surface area contributed by atoms with Crippen LogP contribution in [0.15, 0.2) is 54.6 Å². The Morgan fingerprint density at radius 2 is 1.10 bits per heavy atom. The third-order valence-corrected chi connectivity index (χ3v) is 4.56. The smallest absolute Gasteiger partial charge is 0.194 e. The Morgan fingerprint density at radius 1 is 0.690 bits per heavy atom. The molecule has 1 nitrogen and oxygen atoms in total. The molecular formula is C22H16F6O. The lowest BCUT2D eigenvalue weighted by molar-refractivity contribution is 0.0422. The zero-order valence-corrected chi connectivity index (χ0v) is 15.2. The maximum absolute atomic E-state index is 13.8. The van der Waals surface area contributed by atoms with Crippen LogP contribution >= 0.6 is 0 Å². The lowest BCUT2D eigenvalue weighted by Gasteiger charge is -2.26. The molecule has 1 atom stereocenters. The minimum Gasteiger partial charge on any atom is -0.373 e. The van der Waals surface area contributed by atoms with Gasteiger partial charge in [-0.2, -0.15) is 0 Å². The summed E-state index contributed by atoms with van der Waals surface area (Å²) in [5.41, 5.74) is 0.589. The predicted molar refractivity (Wildman–Crippen MR) is 95.2 cm³/mol. The molecule has 0 unspecified atom stereocenters. The van der Waals surface area contributed by atoms with Crippen molar-refractivity contribution >= 4 is 0 Å². The molecule has 0 N–H and O–H groups in total. The fraction of sp³-hybridized carbons (Fsp3) is 0.182. The molecule has 0 radical (unpaired) electrons. The molecule has 3 rings (SSSR count). The van der Waals surface area contributed by atoms with E-state index in [0.29, 0.717) is 0 Å². The van der Waals surface area contributed by atoms with Gasteiger partial charge in [0.05, 0.1) is 12.7 Å². The van der Waals surface area contributed by atoms with Crippen LogP contribution in [0.2, 0.25) is 0 Å². The summed E-state index contributed by atoms with van der Waals surface area (Å²) < 4.78 is 87.7. The lowest BCUT2D eigenvalue weighted by Crippen LogP contribution is -2.21. The largest absolute Gasteiger partial charge is 0.373 e. The molecule has 0 aliphatic heterocycles. The van der Waals surface area contributed by atoms with E-state index in [-0.39, 0.29) is 17.7 Å². The lowest BCUT2D eigenvalue weighted by atomic mass is 9.86. The zero-order chi connectivity index (χ0) is 21.1. The molecule has 0 spiro atoms. The van der Waals surface area contributed by atoms with E-state index >= 15 is 0 Å². The molecule has 0 heterocycles. The standard InChI is InChI=1S/C22H16F6O/c1-12(29-11-13-5-3-2-4-6-13)20(14-7-16(23)21(27)17(24)8-14)15-9-18(25)22(28)19(26)10-15/h2-10,12,20H,11H2,1H3/t12-/m0/s1. The summed E-state index contributed by atoms with van der Waals surface area (Å²) in [6, 6.07) is 11.9. The molecule has 3 aromatic rings. The van der Waals surface area contributed by atoms with Crippen LogP contribution in [0.1, 0.15) is 29.5 Å². The highest BCUT2D eigenvalue weighted by atomic mass is 19.2. The van der Waals surface area contributed by atoms with Crippen molar-refractivity contribution in [1.29, 1.82) is 0 Å². The second-order valence-corrected chi connectivity index (χ2v) is 6.58.